The minimum atomic E-state index is -6.85. The van der Waals surface area contributed by atoms with Gasteiger partial charge < -0.3 is 41.2 Å². The first-order valence-electron chi connectivity index (χ1n) is 36.3. The number of rotatable bonds is 13. The molecule has 2 saturated heterocycles. The van der Waals surface area contributed by atoms with Gasteiger partial charge in [0.2, 0.25) is 5.88 Å². The molecule has 2 fully saturated rings. The molecule has 0 spiro atoms. The zero-order valence-corrected chi connectivity index (χ0v) is 70.6. The molecule has 127 heavy (non-hydrogen) atoms. The highest BCUT2D eigenvalue weighted by molar-refractivity contribution is 9.10. The van der Waals surface area contributed by atoms with Gasteiger partial charge >= 0.3 is 52.8 Å². The number of ketones is 1. The predicted molar refractivity (Wildman–Crippen MR) is 442 cm³/mol. The molecule has 7 aromatic carbocycles. The minimum Gasteiger partial charge on any atom is -0.466 e. The highest BCUT2D eigenvalue weighted by Crippen LogP contribution is 2.38. The molecule has 0 atom stereocenters. The molecule has 676 valence electrons. The zero-order chi connectivity index (χ0) is 92.8. The molecule has 25 nitrogen and oxygen atoms in total. The lowest BCUT2D eigenvalue weighted by Gasteiger charge is -2.33. The van der Waals surface area contributed by atoms with E-state index in [1.807, 2.05) is 15.8 Å². The largest absolute Gasteiger partial charge is 0.534 e. The van der Waals surface area contributed by atoms with E-state index in [2.05, 4.69) is 75.6 Å². The summed E-state index contributed by atoms with van der Waals surface area (Å²) in [5, 5.41) is 9.53. The molecule has 46 heteroatoms. The van der Waals surface area contributed by atoms with Crippen LogP contribution in [0.15, 0.2) is 193 Å². The van der Waals surface area contributed by atoms with Crippen LogP contribution in [0, 0.1) is 40.7 Å². The van der Waals surface area contributed by atoms with Gasteiger partial charge in [-0.2, -0.15) is 64.8 Å². The van der Waals surface area contributed by atoms with E-state index in [4.69, 9.17) is 11.5 Å². The number of nitrogens with zero attached hydrogens (tertiary/aromatic N) is 7. The van der Waals surface area contributed by atoms with Crippen molar-refractivity contribution in [2.45, 2.75) is 60.5 Å². The molecule has 11 aromatic rings. The van der Waals surface area contributed by atoms with Gasteiger partial charge in [0.05, 0.1) is 52.0 Å². The van der Waals surface area contributed by atoms with Gasteiger partial charge in [-0.1, -0.05) is 30.3 Å². The quantitative estimate of drug-likeness (QED) is 0.0179. The number of hydrogen-bond acceptors (Lipinski definition) is 23. The molecule has 2 aliphatic heterocycles. The molecule has 6 heterocycles. The maximum atomic E-state index is 14.6. The summed E-state index contributed by atoms with van der Waals surface area (Å²) in [5.74, 6) is -3.94. The number of piperidine rings is 2. The average molecular weight is 1940 g/mol. The monoisotopic (exact) mass is 1930 g/mol. The number of fused-ring (bicyclic) bond motifs is 3. The number of alkyl halides is 9. The van der Waals surface area contributed by atoms with Crippen molar-refractivity contribution in [2.75, 3.05) is 63.8 Å². The summed E-state index contributed by atoms with van der Waals surface area (Å²) in [4.78, 5) is 73.4. The van der Waals surface area contributed by atoms with Crippen LogP contribution in [0.3, 0.4) is 0 Å². The number of nitrogens with one attached hydrogen (secondary N) is 3. The summed E-state index contributed by atoms with van der Waals surface area (Å²) in [6, 6.07) is 35.9. The molecule has 2 amide bonds. The second-order valence-electron chi connectivity index (χ2n) is 26.4. The van der Waals surface area contributed by atoms with Crippen LogP contribution in [-0.2, 0) is 54.7 Å². The number of nitrogen functional groups attached to an aromatic ring is 2. The summed E-state index contributed by atoms with van der Waals surface area (Å²) in [6.07, 6.45) is 16.4. The van der Waals surface area contributed by atoms with Crippen molar-refractivity contribution in [3.8, 4) is 28.4 Å². The van der Waals surface area contributed by atoms with E-state index in [9.17, 15) is 115 Å². The highest BCUT2D eigenvalue weighted by atomic mass is 79.9. The van der Waals surface area contributed by atoms with Crippen molar-refractivity contribution in [3.05, 3.63) is 273 Å². The maximum absolute atomic E-state index is 14.6. The second-order valence-corrected chi connectivity index (χ2v) is 32.1. The van der Waals surface area contributed by atoms with E-state index < -0.39 is 93.8 Å². The summed E-state index contributed by atoms with van der Waals surface area (Å²) < 4.78 is 270. The molecule has 7 N–H and O–H groups in total. The van der Waals surface area contributed by atoms with Crippen molar-refractivity contribution < 1.29 is 127 Å². The fraction of sp³-hybridized carbons (Fsp3) is 0.210. The number of esters is 1. The number of carbonyl (C=O) groups excluding carboxylic acids is 4. The Morgan fingerprint density at radius 2 is 0.969 bits per heavy atom. The van der Waals surface area contributed by atoms with Crippen molar-refractivity contribution in [1.82, 2.24) is 45.9 Å². The number of hydrogen-bond donors (Lipinski definition) is 5. The van der Waals surface area contributed by atoms with Crippen LogP contribution in [-0.4, -0.2) is 143 Å². The van der Waals surface area contributed by atoms with Crippen LogP contribution >= 0.6 is 28.3 Å². The van der Waals surface area contributed by atoms with Crippen LogP contribution in [0.5, 0.6) is 5.88 Å². The van der Waals surface area contributed by atoms with Gasteiger partial charge in [-0.05, 0) is 193 Å². The zero-order valence-electron chi connectivity index (χ0n) is 65.7. The Morgan fingerprint density at radius 3 is 1.44 bits per heavy atom. The topological polar surface area (TPSA) is 367 Å². The molecule has 0 saturated carbocycles. The number of allylic oxidation sites excluding steroid dienone is 1. The van der Waals surface area contributed by atoms with Crippen molar-refractivity contribution in [1.29, 1.82) is 0 Å². The summed E-state index contributed by atoms with van der Waals surface area (Å²) in [7, 11) is -15.3. The molecule has 14 rings (SSSR count). The van der Waals surface area contributed by atoms with Crippen LogP contribution in [0.4, 0.5) is 87.4 Å². The van der Waals surface area contributed by atoms with Gasteiger partial charge in [-0.3, -0.25) is 34.3 Å². The Morgan fingerprint density at radius 1 is 0.528 bits per heavy atom. The average Bonchev–Trinajstić information content (AvgIpc) is 0.784. The smallest absolute Gasteiger partial charge is 0.466 e. The molecule has 0 unspecified atom stereocenters. The number of carbonyl (C=O) groups is 4. The number of ether oxygens (including phenoxy) is 1. The third kappa shape index (κ3) is 28.6. The standard InChI is InChI=1S/C26H23F2N5O.C17H19FN4O.C10H5F4NO3S.C10H10FNO2.C10H7FO.C6H5BrFN.C2F6O5S2.ClH/c1-29-26(34)20-6-3-18(14-21(20)28)25-24(30-10-11-31-25)17-8-12-33(13-9-17)23-7-4-16-2-5-19(27)15-22(16)32-23;1-19-17(23)13-3-2-12(10-14(13)18)16-15(21-8-9-22-16)11-4-6-20-7-5-11;11-7-3-1-6-2-4-9(15-8(6)5-7)18-19(16,17)10(12,13)14;1-14-10(13)5-3-7-2-4-8(11)6-9(7)12;11-9-3-1-7-2-4-10(12)6-8(7)5-9;7-5-2-1-4(8)3-6(5)9;3-1(4,5)14(9,10)13-15(11,12)2(6,7)8;/h2-7,10-11,14-15,17H,8-9,12-13H2,1H3,(H,29,34);2-3,8-11,20H,4-7H2,1H3,(H,19,23);1-5H;2-6H,12H2,1H3;1-5H,6H2;1-3H,9H2;;1H/b;;;5-3+;;;;. The van der Waals surface area contributed by atoms with E-state index in [-0.39, 0.29) is 63.9 Å². The number of aromatic nitrogens is 6. The number of benzene rings is 7. The van der Waals surface area contributed by atoms with Gasteiger partial charge in [-0.15, -0.1) is 16.0 Å². The summed E-state index contributed by atoms with van der Waals surface area (Å²) >= 11 is 3.14. The molecule has 0 radical (unpaired) electrons. The Kier molecular flexibility index (Phi) is 35.8. The first-order valence-corrected chi connectivity index (χ1v) is 41.3. The highest BCUT2D eigenvalue weighted by Gasteiger charge is 2.57. The van der Waals surface area contributed by atoms with Crippen LogP contribution in [0.1, 0.15) is 86.3 Å². The summed E-state index contributed by atoms with van der Waals surface area (Å²) in [5.41, 5.74) is 0.715. The Balaban J connectivity index is 0.000000212. The van der Waals surface area contributed by atoms with E-state index in [1.165, 1.54) is 130 Å². The van der Waals surface area contributed by atoms with Gasteiger partial charge in [0.1, 0.15) is 46.5 Å². The third-order valence-corrected chi connectivity index (χ3v) is 22.1. The van der Waals surface area contributed by atoms with Crippen LogP contribution < -0.4 is 36.5 Å². The third-order valence-electron chi connectivity index (χ3n) is 17.8. The molecule has 1 aliphatic carbocycles. The van der Waals surface area contributed by atoms with Crippen molar-refractivity contribution in [3.63, 3.8) is 0 Å². The number of amides is 2. The normalized spacial score (nSPS) is 13.5. The SMILES string of the molecule is CNC(=O)c1ccc(-c2nccnc2C2CCN(c3ccc4ccc(F)cc4n3)CC2)cc1F.CNC(=O)c1ccc(-c2nccnc2C2CCNCC2)cc1F.COC(=O)/C=C/c1ccc(F)cc1N.Cl.Nc1cc(F)ccc1Br.O=C1C=Cc2ccc(F)cc2C1.O=S(=O)(OS(=O)(=O)C(F)(F)F)C(F)(F)F.O=S(=O)(Oc1ccc2ccc(F)cc2n1)C(F)(F)F. The first kappa shape index (κ1) is 102. The maximum Gasteiger partial charge on any atom is 0.534 e. The lowest BCUT2D eigenvalue weighted by atomic mass is 9.90. The minimum absolute atomic E-state index is 0. The Labute approximate surface area is 728 Å². The second kappa shape index (κ2) is 44.7. The number of methoxy groups -OCH3 is 1. The fourth-order valence-corrected chi connectivity index (χ4v) is 13.9. The van der Waals surface area contributed by atoms with Gasteiger partial charge in [0, 0.05) is 132 Å². The first-order chi connectivity index (χ1) is 59.2. The Bertz CT molecular complexity index is 6180. The van der Waals surface area contributed by atoms with Gasteiger partial charge in [0.15, 0.2) is 5.78 Å². The Hall–Kier alpha value is -12.3. The molecule has 4 aromatic heterocycles. The van der Waals surface area contributed by atoms with Gasteiger partial charge in [0.25, 0.3) is 11.8 Å². The van der Waals surface area contributed by atoms with Crippen LogP contribution in [0.2, 0.25) is 0 Å². The molecule has 0 bridgehead atoms. The van der Waals surface area contributed by atoms with Gasteiger partial charge in [-0.25, -0.2) is 45.5 Å². The van der Waals surface area contributed by atoms with E-state index in [1.54, 1.807) is 61.2 Å². The summed E-state index contributed by atoms with van der Waals surface area (Å²) in [6.45, 7) is 3.42. The number of anilines is 3. The lowest BCUT2D eigenvalue weighted by molar-refractivity contribution is -0.134. The lowest BCUT2D eigenvalue weighted by Crippen LogP contribution is -2.34. The van der Waals surface area contributed by atoms with Crippen LogP contribution in [0.25, 0.3) is 56.5 Å². The van der Waals surface area contributed by atoms with E-state index in [0.29, 0.717) is 57.0 Å². The number of halogens is 18. The number of nitrogens with two attached hydrogens (primary N) is 2. The predicted octanol–water partition coefficient (Wildman–Crippen LogP) is 16.3. The van der Waals surface area contributed by atoms with Crippen molar-refractivity contribution >= 4 is 133 Å². The van der Waals surface area contributed by atoms with E-state index in [0.717, 1.165) is 108 Å². The fourth-order valence-electron chi connectivity index (χ4n) is 11.7. The molecular weight excluding hydrogens is 1860 g/mol. The van der Waals surface area contributed by atoms with Crippen molar-refractivity contribution in [2.24, 2.45) is 0 Å². The molecular formula is C81H70BrClF16N12O13S3. The van der Waals surface area contributed by atoms with E-state index >= 15 is 0 Å². The molecule has 3 aliphatic rings. The number of pyridine rings is 2.